The fraction of sp³-hybridized carbons (Fsp3) is 0.417. The molecule has 0 bridgehead atoms. The van der Waals surface area contributed by atoms with Gasteiger partial charge in [-0.25, -0.2) is 0 Å². The molecule has 3 nitrogen and oxygen atoms in total. The van der Waals surface area contributed by atoms with Crippen LogP contribution in [-0.4, -0.2) is 5.91 Å². The summed E-state index contributed by atoms with van der Waals surface area (Å²) in [4.78, 5) is 11.1. The SMILES string of the molecule is CC(=O)Nc1cc(C)ccc1C1(N)CC1. The van der Waals surface area contributed by atoms with Crippen molar-refractivity contribution in [2.45, 2.75) is 32.2 Å². The van der Waals surface area contributed by atoms with E-state index in [1.165, 1.54) is 6.92 Å². The summed E-state index contributed by atoms with van der Waals surface area (Å²) in [5.74, 6) is -0.0499. The molecule has 1 fully saturated rings. The first-order valence-corrected chi connectivity index (χ1v) is 5.19. The van der Waals surface area contributed by atoms with Gasteiger partial charge in [0.25, 0.3) is 0 Å². The van der Waals surface area contributed by atoms with Crippen LogP contribution in [0.4, 0.5) is 5.69 Å². The predicted molar refractivity (Wildman–Crippen MR) is 60.6 cm³/mol. The standard InChI is InChI=1S/C12H16N2O/c1-8-3-4-10(12(13)5-6-12)11(7-8)14-9(2)15/h3-4,7H,5-6,13H2,1-2H3,(H,14,15). The molecule has 0 saturated heterocycles. The lowest BCUT2D eigenvalue weighted by Crippen LogP contribution is -2.21. The van der Waals surface area contributed by atoms with E-state index in [1.807, 2.05) is 25.1 Å². The Morgan fingerprint density at radius 3 is 2.67 bits per heavy atom. The third kappa shape index (κ3) is 2.02. The van der Waals surface area contributed by atoms with Gasteiger partial charge in [-0.15, -0.1) is 0 Å². The lowest BCUT2D eigenvalue weighted by atomic mass is 10.0. The van der Waals surface area contributed by atoms with E-state index in [9.17, 15) is 4.79 Å². The van der Waals surface area contributed by atoms with Crippen LogP contribution in [0.2, 0.25) is 0 Å². The first-order valence-electron chi connectivity index (χ1n) is 5.19. The highest BCUT2D eigenvalue weighted by atomic mass is 16.1. The quantitative estimate of drug-likeness (QED) is 0.773. The van der Waals surface area contributed by atoms with Gasteiger partial charge in [0, 0.05) is 18.2 Å². The fourth-order valence-electron chi connectivity index (χ4n) is 1.79. The normalized spacial score (nSPS) is 17.3. The fourth-order valence-corrected chi connectivity index (χ4v) is 1.79. The second kappa shape index (κ2) is 3.35. The van der Waals surface area contributed by atoms with Gasteiger partial charge in [0.15, 0.2) is 0 Å². The highest BCUT2D eigenvalue weighted by Crippen LogP contribution is 2.45. The van der Waals surface area contributed by atoms with E-state index in [0.29, 0.717) is 0 Å². The molecule has 80 valence electrons. The van der Waals surface area contributed by atoms with Gasteiger partial charge in [-0.3, -0.25) is 4.79 Å². The van der Waals surface area contributed by atoms with Crippen molar-refractivity contribution in [1.29, 1.82) is 0 Å². The number of benzene rings is 1. The van der Waals surface area contributed by atoms with Crippen molar-refractivity contribution in [3.05, 3.63) is 29.3 Å². The van der Waals surface area contributed by atoms with E-state index in [1.54, 1.807) is 0 Å². The van der Waals surface area contributed by atoms with Crippen molar-refractivity contribution in [1.82, 2.24) is 0 Å². The van der Waals surface area contributed by atoms with Crippen molar-refractivity contribution in [2.75, 3.05) is 5.32 Å². The summed E-state index contributed by atoms with van der Waals surface area (Å²) in [5, 5.41) is 2.84. The number of aryl methyl sites for hydroxylation is 1. The highest BCUT2D eigenvalue weighted by Gasteiger charge is 2.41. The molecule has 1 saturated carbocycles. The zero-order chi connectivity index (χ0) is 11.1. The molecule has 0 spiro atoms. The number of rotatable bonds is 2. The van der Waals surface area contributed by atoms with E-state index in [0.717, 1.165) is 29.7 Å². The maximum atomic E-state index is 11.1. The summed E-state index contributed by atoms with van der Waals surface area (Å²) < 4.78 is 0. The average Bonchev–Trinajstić information content (AvgIpc) is 2.83. The number of hydrogen-bond donors (Lipinski definition) is 2. The Hall–Kier alpha value is -1.35. The maximum Gasteiger partial charge on any atom is 0.221 e. The van der Waals surface area contributed by atoms with Gasteiger partial charge in [0.05, 0.1) is 0 Å². The summed E-state index contributed by atoms with van der Waals surface area (Å²) in [6.45, 7) is 3.52. The van der Waals surface area contributed by atoms with Crippen LogP contribution in [0.15, 0.2) is 18.2 Å². The third-order valence-corrected chi connectivity index (χ3v) is 2.81. The summed E-state index contributed by atoms with van der Waals surface area (Å²) in [7, 11) is 0. The molecule has 1 aromatic rings. The average molecular weight is 204 g/mol. The second-order valence-electron chi connectivity index (χ2n) is 4.39. The van der Waals surface area contributed by atoms with Crippen LogP contribution in [0, 0.1) is 6.92 Å². The second-order valence-corrected chi connectivity index (χ2v) is 4.39. The van der Waals surface area contributed by atoms with Gasteiger partial charge >= 0.3 is 0 Å². The molecule has 0 aliphatic heterocycles. The summed E-state index contributed by atoms with van der Waals surface area (Å²) in [6, 6.07) is 6.03. The van der Waals surface area contributed by atoms with Crippen molar-refractivity contribution in [2.24, 2.45) is 5.73 Å². The van der Waals surface area contributed by atoms with Crippen LogP contribution in [0.5, 0.6) is 0 Å². The lowest BCUT2D eigenvalue weighted by Gasteiger charge is -2.16. The van der Waals surface area contributed by atoms with Crippen molar-refractivity contribution < 1.29 is 4.79 Å². The highest BCUT2D eigenvalue weighted by molar-refractivity contribution is 5.90. The Morgan fingerprint density at radius 2 is 2.13 bits per heavy atom. The zero-order valence-corrected chi connectivity index (χ0v) is 9.13. The first-order chi connectivity index (χ1) is 7.01. The van der Waals surface area contributed by atoms with Crippen LogP contribution >= 0.6 is 0 Å². The molecule has 1 amide bonds. The largest absolute Gasteiger partial charge is 0.326 e. The molecule has 3 heteroatoms. The molecule has 3 N–H and O–H groups in total. The van der Waals surface area contributed by atoms with E-state index in [4.69, 9.17) is 5.73 Å². The molecule has 2 rings (SSSR count). The van der Waals surface area contributed by atoms with Gasteiger partial charge in [-0.2, -0.15) is 0 Å². The van der Waals surface area contributed by atoms with Gasteiger partial charge in [0.2, 0.25) is 5.91 Å². The zero-order valence-electron chi connectivity index (χ0n) is 9.13. The molecule has 0 unspecified atom stereocenters. The number of amides is 1. The van der Waals surface area contributed by atoms with Crippen LogP contribution in [0.1, 0.15) is 30.9 Å². The lowest BCUT2D eigenvalue weighted by molar-refractivity contribution is -0.114. The predicted octanol–water partition coefficient (Wildman–Crippen LogP) is 1.90. The van der Waals surface area contributed by atoms with E-state index >= 15 is 0 Å². The van der Waals surface area contributed by atoms with Crippen molar-refractivity contribution in [3.8, 4) is 0 Å². The summed E-state index contributed by atoms with van der Waals surface area (Å²) in [6.07, 6.45) is 2.01. The first kappa shape index (κ1) is 10.2. The Bertz CT molecular complexity index is 408. The molecule has 1 aliphatic rings. The van der Waals surface area contributed by atoms with E-state index in [2.05, 4.69) is 5.32 Å². The number of hydrogen-bond acceptors (Lipinski definition) is 2. The molecule has 1 aromatic carbocycles. The smallest absolute Gasteiger partial charge is 0.221 e. The Morgan fingerprint density at radius 1 is 1.47 bits per heavy atom. The number of nitrogens with two attached hydrogens (primary N) is 1. The topological polar surface area (TPSA) is 55.1 Å². The van der Waals surface area contributed by atoms with Crippen LogP contribution in [0.25, 0.3) is 0 Å². The number of carbonyl (C=O) groups excluding carboxylic acids is 1. The number of anilines is 1. The molecule has 0 aromatic heterocycles. The molecule has 0 heterocycles. The molecular formula is C12H16N2O. The van der Waals surface area contributed by atoms with Gasteiger partial charge in [0.1, 0.15) is 0 Å². The Balaban J connectivity index is 2.40. The Labute approximate surface area is 89.7 Å². The van der Waals surface area contributed by atoms with Crippen LogP contribution in [0.3, 0.4) is 0 Å². The number of nitrogens with one attached hydrogen (secondary N) is 1. The maximum absolute atomic E-state index is 11.1. The molecule has 0 atom stereocenters. The van der Waals surface area contributed by atoms with Gasteiger partial charge in [-0.05, 0) is 37.0 Å². The van der Waals surface area contributed by atoms with Crippen molar-refractivity contribution >= 4 is 11.6 Å². The molecule has 15 heavy (non-hydrogen) atoms. The van der Waals surface area contributed by atoms with Crippen LogP contribution < -0.4 is 11.1 Å². The number of carbonyl (C=O) groups is 1. The monoisotopic (exact) mass is 204 g/mol. The minimum absolute atomic E-state index is 0.0499. The minimum atomic E-state index is -0.203. The Kier molecular flexibility index (Phi) is 2.27. The molecule has 0 radical (unpaired) electrons. The summed E-state index contributed by atoms with van der Waals surface area (Å²) in [5.41, 5.74) is 8.99. The molecule has 1 aliphatic carbocycles. The third-order valence-electron chi connectivity index (χ3n) is 2.81. The van der Waals surface area contributed by atoms with Gasteiger partial charge < -0.3 is 11.1 Å². The minimum Gasteiger partial charge on any atom is -0.326 e. The molecular weight excluding hydrogens is 188 g/mol. The summed E-state index contributed by atoms with van der Waals surface area (Å²) >= 11 is 0. The van der Waals surface area contributed by atoms with Gasteiger partial charge in [-0.1, -0.05) is 12.1 Å². The van der Waals surface area contributed by atoms with E-state index in [-0.39, 0.29) is 11.4 Å². The van der Waals surface area contributed by atoms with Crippen molar-refractivity contribution in [3.63, 3.8) is 0 Å². The van der Waals surface area contributed by atoms with Crippen LogP contribution in [-0.2, 0) is 10.3 Å². The van der Waals surface area contributed by atoms with E-state index < -0.39 is 0 Å².